The van der Waals surface area contributed by atoms with Crippen LogP contribution in [0.3, 0.4) is 0 Å². The van der Waals surface area contributed by atoms with Gasteiger partial charge in [-0.25, -0.2) is 9.59 Å². The van der Waals surface area contributed by atoms with Crippen molar-refractivity contribution in [3.8, 4) is 0 Å². The molecule has 0 radical (unpaired) electrons. The summed E-state index contributed by atoms with van der Waals surface area (Å²) in [6.45, 7) is 0.166. The van der Waals surface area contributed by atoms with E-state index in [1.807, 2.05) is 0 Å². The molecule has 0 aliphatic heterocycles. The van der Waals surface area contributed by atoms with Gasteiger partial charge in [-0.3, -0.25) is 0 Å². The third kappa shape index (κ3) is 3.55. The Morgan fingerprint density at radius 1 is 1.47 bits per heavy atom. The normalized spacial score (nSPS) is 11.8. The number of hydrogen-bond donors (Lipinski definition) is 3. The maximum absolute atomic E-state index is 11.6. The molecular weight excluding hydrogens is 270 g/mol. The summed E-state index contributed by atoms with van der Waals surface area (Å²) >= 11 is 1.27. The van der Waals surface area contributed by atoms with Crippen LogP contribution in [0.25, 0.3) is 0 Å². The Kier molecular flexibility index (Phi) is 4.14. The van der Waals surface area contributed by atoms with E-state index < -0.39 is 18.0 Å². The standard InChI is InChI=1S/C11H11N3O4S/c15-10(16)9(8-2-1-5-19-8)13-11(17)12-6-7-3-4-18-14-7/h1-5,9H,6H2,(H,15,16)(H2,12,13,17). The lowest BCUT2D eigenvalue weighted by atomic mass is 10.2. The monoisotopic (exact) mass is 281 g/mol. The average Bonchev–Trinajstić information content (AvgIpc) is 3.05. The first-order valence-corrected chi connectivity index (χ1v) is 6.24. The highest BCUT2D eigenvalue weighted by atomic mass is 32.1. The molecule has 0 fully saturated rings. The molecule has 100 valence electrons. The molecule has 2 rings (SSSR count). The Labute approximate surface area is 112 Å². The summed E-state index contributed by atoms with van der Waals surface area (Å²) in [6, 6.07) is 3.35. The predicted molar refractivity (Wildman–Crippen MR) is 66.6 cm³/mol. The lowest BCUT2D eigenvalue weighted by Gasteiger charge is -2.13. The van der Waals surface area contributed by atoms with Crippen LogP contribution >= 0.6 is 11.3 Å². The van der Waals surface area contributed by atoms with Crippen LogP contribution in [0.5, 0.6) is 0 Å². The first-order chi connectivity index (χ1) is 9.16. The molecule has 2 amide bonds. The molecule has 1 unspecified atom stereocenters. The van der Waals surface area contributed by atoms with Gasteiger partial charge in [0.25, 0.3) is 0 Å². The van der Waals surface area contributed by atoms with E-state index in [0.717, 1.165) is 0 Å². The minimum atomic E-state index is -1.11. The maximum Gasteiger partial charge on any atom is 0.331 e. The number of carbonyl (C=O) groups excluding carboxylic acids is 1. The number of carbonyl (C=O) groups is 2. The van der Waals surface area contributed by atoms with Crippen molar-refractivity contribution < 1.29 is 19.2 Å². The fourth-order valence-corrected chi connectivity index (χ4v) is 2.16. The van der Waals surface area contributed by atoms with Crippen molar-refractivity contribution in [3.63, 3.8) is 0 Å². The smallest absolute Gasteiger partial charge is 0.331 e. The Morgan fingerprint density at radius 2 is 2.32 bits per heavy atom. The summed E-state index contributed by atoms with van der Waals surface area (Å²) in [6.07, 6.45) is 1.39. The predicted octanol–water partition coefficient (Wildman–Crippen LogP) is 1.36. The van der Waals surface area contributed by atoms with Gasteiger partial charge in [0.1, 0.15) is 12.0 Å². The average molecular weight is 281 g/mol. The second kappa shape index (κ2) is 6.01. The van der Waals surface area contributed by atoms with E-state index in [1.165, 1.54) is 17.6 Å². The largest absolute Gasteiger partial charge is 0.479 e. The van der Waals surface area contributed by atoms with Crippen LogP contribution in [0, 0.1) is 0 Å². The van der Waals surface area contributed by atoms with E-state index in [9.17, 15) is 9.59 Å². The van der Waals surface area contributed by atoms with Crippen molar-refractivity contribution in [1.29, 1.82) is 0 Å². The van der Waals surface area contributed by atoms with E-state index in [2.05, 4.69) is 20.3 Å². The van der Waals surface area contributed by atoms with Crippen molar-refractivity contribution in [1.82, 2.24) is 15.8 Å². The van der Waals surface area contributed by atoms with E-state index >= 15 is 0 Å². The van der Waals surface area contributed by atoms with Gasteiger partial charge < -0.3 is 20.3 Å². The number of rotatable bonds is 5. The molecular formula is C11H11N3O4S. The summed E-state index contributed by atoms with van der Waals surface area (Å²) in [5, 5.41) is 19.3. The van der Waals surface area contributed by atoms with Gasteiger partial charge in [-0.2, -0.15) is 0 Å². The highest BCUT2D eigenvalue weighted by molar-refractivity contribution is 7.10. The van der Waals surface area contributed by atoms with Gasteiger partial charge in [0.2, 0.25) is 0 Å². The Balaban J connectivity index is 1.90. The molecule has 7 nitrogen and oxygen atoms in total. The van der Waals surface area contributed by atoms with Crippen LogP contribution in [-0.2, 0) is 11.3 Å². The molecule has 1 atom stereocenters. The molecule has 8 heteroatoms. The minimum Gasteiger partial charge on any atom is -0.479 e. The Morgan fingerprint density at radius 3 is 2.89 bits per heavy atom. The second-order valence-corrected chi connectivity index (χ2v) is 4.58. The number of nitrogens with one attached hydrogen (secondary N) is 2. The summed E-state index contributed by atoms with van der Waals surface area (Å²) in [5.74, 6) is -1.11. The van der Waals surface area contributed by atoms with Gasteiger partial charge in [-0.05, 0) is 11.4 Å². The number of hydrogen-bond acceptors (Lipinski definition) is 5. The van der Waals surface area contributed by atoms with Crippen molar-refractivity contribution in [2.75, 3.05) is 0 Å². The van der Waals surface area contributed by atoms with Crippen LogP contribution in [0.15, 0.2) is 34.4 Å². The summed E-state index contributed by atoms with van der Waals surface area (Å²) in [7, 11) is 0. The van der Waals surface area contributed by atoms with Gasteiger partial charge in [-0.15, -0.1) is 11.3 Å². The molecule has 0 saturated carbocycles. The zero-order valence-corrected chi connectivity index (χ0v) is 10.5. The molecule has 3 N–H and O–H groups in total. The number of carboxylic acid groups (broad SMARTS) is 1. The van der Waals surface area contributed by atoms with Crippen molar-refractivity contribution in [3.05, 3.63) is 40.4 Å². The molecule has 0 bridgehead atoms. The third-order valence-corrected chi connectivity index (χ3v) is 3.21. The fraction of sp³-hybridized carbons (Fsp3) is 0.182. The number of amides is 2. The first kappa shape index (κ1) is 13.1. The summed E-state index contributed by atoms with van der Waals surface area (Å²) in [5.41, 5.74) is 0.554. The molecule has 19 heavy (non-hydrogen) atoms. The summed E-state index contributed by atoms with van der Waals surface area (Å²) < 4.78 is 4.61. The minimum absolute atomic E-state index is 0.166. The van der Waals surface area contributed by atoms with E-state index in [0.29, 0.717) is 10.6 Å². The Bertz CT molecular complexity index is 538. The van der Waals surface area contributed by atoms with Crippen molar-refractivity contribution in [2.24, 2.45) is 0 Å². The van der Waals surface area contributed by atoms with Crippen LogP contribution in [0.1, 0.15) is 16.6 Å². The van der Waals surface area contributed by atoms with Crippen molar-refractivity contribution in [2.45, 2.75) is 12.6 Å². The van der Waals surface area contributed by atoms with Crippen LogP contribution in [-0.4, -0.2) is 22.3 Å². The quantitative estimate of drug-likeness (QED) is 0.767. The second-order valence-electron chi connectivity index (χ2n) is 3.60. The molecule has 0 aliphatic rings. The third-order valence-electron chi connectivity index (χ3n) is 2.27. The van der Waals surface area contributed by atoms with Crippen molar-refractivity contribution >= 4 is 23.3 Å². The fourth-order valence-electron chi connectivity index (χ4n) is 1.39. The molecule has 2 aromatic heterocycles. The van der Waals surface area contributed by atoms with Crippen LogP contribution in [0.4, 0.5) is 4.79 Å². The van der Waals surface area contributed by atoms with E-state index in [1.54, 1.807) is 23.6 Å². The number of nitrogens with zero attached hydrogens (tertiary/aromatic N) is 1. The molecule has 0 saturated heterocycles. The topological polar surface area (TPSA) is 104 Å². The molecule has 0 aromatic carbocycles. The van der Waals surface area contributed by atoms with Gasteiger partial charge in [-0.1, -0.05) is 11.2 Å². The van der Waals surface area contributed by atoms with Gasteiger partial charge in [0.05, 0.1) is 6.54 Å². The van der Waals surface area contributed by atoms with Crippen LogP contribution in [0.2, 0.25) is 0 Å². The highest BCUT2D eigenvalue weighted by Crippen LogP contribution is 2.18. The van der Waals surface area contributed by atoms with Gasteiger partial charge >= 0.3 is 12.0 Å². The molecule has 2 aromatic rings. The SMILES string of the molecule is O=C(NCc1ccon1)NC(C(=O)O)c1cccs1. The maximum atomic E-state index is 11.6. The lowest BCUT2D eigenvalue weighted by Crippen LogP contribution is -2.40. The van der Waals surface area contributed by atoms with Gasteiger partial charge in [0.15, 0.2) is 6.04 Å². The number of carboxylic acids is 1. The summed E-state index contributed by atoms with van der Waals surface area (Å²) in [4.78, 5) is 23.3. The zero-order valence-electron chi connectivity index (χ0n) is 9.70. The Hall–Kier alpha value is -2.35. The number of aromatic nitrogens is 1. The molecule has 0 aliphatic carbocycles. The van der Waals surface area contributed by atoms with Gasteiger partial charge in [0, 0.05) is 10.9 Å². The number of urea groups is 1. The van der Waals surface area contributed by atoms with E-state index in [-0.39, 0.29) is 6.54 Å². The lowest BCUT2D eigenvalue weighted by molar-refractivity contribution is -0.139. The highest BCUT2D eigenvalue weighted by Gasteiger charge is 2.22. The number of thiophene rings is 1. The first-order valence-electron chi connectivity index (χ1n) is 5.36. The molecule has 0 spiro atoms. The van der Waals surface area contributed by atoms with Crippen LogP contribution < -0.4 is 10.6 Å². The molecule has 2 heterocycles. The zero-order chi connectivity index (χ0) is 13.7. The number of aliphatic carboxylic acids is 1. The van der Waals surface area contributed by atoms with E-state index in [4.69, 9.17) is 5.11 Å².